The van der Waals surface area contributed by atoms with E-state index < -0.39 is 5.41 Å². The Morgan fingerprint density at radius 1 is 0.962 bits per heavy atom. The molecule has 1 saturated heterocycles. The fourth-order valence-electron chi connectivity index (χ4n) is 3.63. The zero-order chi connectivity index (χ0) is 18.0. The van der Waals surface area contributed by atoms with E-state index in [4.69, 9.17) is 0 Å². The van der Waals surface area contributed by atoms with E-state index in [1.54, 1.807) is 11.2 Å². The predicted molar refractivity (Wildman–Crippen MR) is 99.5 cm³/mol. The van der Waals surface area contributed by atoms with Crippen molar-refractivity contribution >= 4 is 18.0 Å². The number of carbonyl (C=O) groups excluding carboxylic acids is 2. The maximum Gasteiger partial charge on any atom is 0.254 e. The molecule has 2 amide bonds. The van der Waals surface area contributed by atoms with Crippen molar-refractivity contribution in [2.75, 3.05) is 13.1 Å². The molecule has 4 rings (SSSR count). The average molecular weight is 347 g/mol. The third kappa shape index (κ3) is 3.01. The van der Waals surface area contributed by atoms with Crippen LogP contribution >= 0.6 is 0 Å². The average Bonchev–Trinajstić information content (AvgIpc) is 2.99. The van der Waals surface area contributed by atoms with Crippen molar-refractivity contribution < 1.29 is 9.59 Å². The molecule has 1 fully saturated rings. The van der Waals surface area contributed by atoms with Crippen molar-refractivity contribution in [1.82, 2.24) is 9.91 Å². The fraction of sp³-hybridized carbons (Fsp3) is 0.286. The number of hydrogen-bond donors (Lipinski definition) is 0. The molecule has 5 nitrogen and oxygen atoms in total. The van der Waals surface area contributed by atoms with E-state index in [1.807, 2.05) is 65.6 Å². The topological polar surface area (TPSA) is 53.0 Å². The summed E-state index contributed by atoms with van der Waals surface area (Å²) >= 11 is 0. The molecule has 0 bridgehead atoms. The number of nitrogens with zero attached hydrogens (tertiary/aromatic N) is 3. The molecule has 1 spiro atoms. The predicted octanol–water partition coefficient (Wildman–Crippen LogP) is 2.94. The first-order chi connectivity index (χ1) is 12.7. The molecule has 132 valence electrons. The molecule has 0 atom stereocenters. The van der Waals surface area contributed by atoms with Gasteiger partial charge in [0.15, 0.2) is 0 Å². The van der Waals surface area contributed by atoms with Crippen molar-refractivity contribution in [1.29, 1.82) is 0 Å². The Hall–Kier alpha value is -2.95. The summed E-state index contributed by atoms with van der Waals surface area (Å²) in [6.45, 7) is 1.64. The van der Waals surface area contributed by atoms with E-state index in [2.05, 4.69) is 5.10 Å². The molecule has 0 unspecified atom stereocenters. The van der Waals surface area contributed by atoms with Crippen molar-refractivity contribution in [3.8, 4) is 0 Å². The Balaban J connectivity index is 1.40. The van der Waals surface area contributed by atoms with E-state index in [0.29, 0.717) is 38.0 Å². The second kappa shape index (κ2) is 6.75. The lowest BCUT2D eigenvalue weighted by molar-refractivity contribution is -0.138. The van der Waals surface area contributed by atoms with E-state index >= 15 is 0 Å². The number of piperidine rings is 1. The molecule has 0 N–H and O–H groups in total. The first-order valence-corrected chi connectivity index (χ1v) is 8.93. The van der Waals surface area contributed by atoms with Gasteiger partial charge in [-0.3, -0.25) is 9.59 Å². The summed E-state index contributed by atoms with van der Waals surface area (Å²) in [4.78, 5) is 27.4. The van der Waals surface area contributed by atoms with Crippen LogP contribution in [-0.2, 0) is 11.3 Å². The first-order valence-electron chi connectivity index (χ1n) is 8.93. The summed E-state index contributed by atoms with van der Waals surface area (Å²) in [5.74, 6) is 0.0807. The molecule has 2 aliphatic heterocycles. The van der Waals surface area contributed by atoms with Crippen LogP contribution in [0.25, 0.3) is 0 Å². The molecule has 0 radical (unpaired) electrons. The molecule has 2 aromatic carbocycles. The first kappa shape index (κ1) is 16.5. The van der Waals surface area contributed by atoms with Crippen LogP contribution < -0.4 is 0 Å². The van der Waals surface area contributed by atoms with Gasteiger partial charge in [-0.25, -0.2) is 5.01 Å². The van der Waals surface area contributed by atoms with Crippen molar-refractivity contribution in [2.24, 2.45) is 10.5 Å². The second-order valence-corrected chi connectivity index (χ2v) is 6.91. The quantitative estimate of drug-likeness (QED) is 0.857. The van der Waals surface area contributed by atoms with Crippen molar-refractivity contribution in [2.45, 2.75) is 19.4 Å². The molecule has 0 aromatic heterocycles. The fourth-order valence-corrected chi connectivity index (χ4v) is 3.63. The summed E-state index contributed by atoms with van der Waals surface area (Å²) in [6, 6.07) is 19.2. The number of carbonyl (C=O) groups is 2. The highest BCUT2D eigenvalue weighted by atomic mass is 16.2. The molecule has 0 saturated carbocycles. The highest BCUT2D eigenvalue weighted by Crippen LogP contribution is 2.36. The molecular formula is C21H21N3O2. The Labute approximate surface area is 152 Å². The number of benzene rings is 2. The number of amides is 2. The van der Waals surface area contributed by atoms with Gasteiger partial charge in [0.05, 0.1) is 12.0 Å². The minimum atomic E-state index is -0.553. The van der Waals surface area contributed by atoms with Gasteiger partial charge < -0.3 is 4.90 Å². The Kier molecular flexibility index (Phi) is 4.29. The number of hydrazone groups is 1. The normalized spacial score (nSPS) is 18.5. The van der Waals surface area contributed by atoms with Gasteiger partial charge >= 0.3 is 0 Å². The van der Waals surface area contributed by atoms with Crippen LogP contribution in [0.3, 0.4) is 0 Å². The number of likely N-dealkylation sites (tertiary alicyclic amines) is 1. The van der Waals surface area contributed by atoms with E-state index in [-0.39, 0.29) is 11.8 Å². The lowest BCUT2D eigenvalue weighted by atomic mass is 9.79. The summed E-state index contributed by atoms with van der Waals surface area (Å²) in [5, 5.41) is 5.93. The second-order valence-electron chi connectivity index (χ2n) is 6.91. The summed E-state index contributed by atoms with van der Waals surface area (Å²) in [7, 11) is 0. The van der Waals surface area contributed by atoms with Gasteiger partial charge in [-0.1, -0.05) is 48.5 Å². The Morgan fingerprint density at radius 2 is 1.58 bits per heavy atom. The van der Waals surface area contributed by atoms with Crippen LogP contribution in [0.1, 0.15) is 28.8 Å². The van der Waals surface area contributed by atoms with Gasteiger partial charge in [0.25, 0.3) is 11.8 Å². The Morgan fingerprint density at radius 3 is 2.23 bits per heavy atom. The van der Waals surface area contributed by atoms with Gasteiger partial charge in [-0.15, -0.1) is 0 Å². The van der Waals surface area contributed by atoms with Gasteiger partial charge in [-0.05, 0) is 30.5 Å². The molecule has 5 heteroatoms. The van der Waals surface area contributed by atoms with Crippen LogP contribution in [0.4, 0.5) is 0 Å². The standard InChI is InChI=1S/C21H21N3O2/c25-19(18-9-5-2-6-10-18)23-13-11-21(12-14-23)16-22-24(20(21)26)15-17-7-3-1-4-8-17/h1-10,16H,11-15H2. The van der Waals surface area contributed by atoms with Gasteiger partial charge in [0.1, 0.15) is 0 Å². The molecule has 2 heterocycles. The monoisotopic (exact) mass is 347 g/mol. The van der Waals surface area contributed by atoms with E-state index in [1.165, 1.54) is 0 Å². The van der Waals surface area contributed by atoms with Crippen LogP contribution in [0.2, 0.25) is 0 Å². The Bertz CT molecular complexity index is 825. The van der Waals surface area contributed by atoms with E-state index in [9.17, 15) is 9.59 Å². The van der Waals surface area contributed by atoms with Crippen LogP contribution in [0.15, 0.2) is 65.8 Å². The summed E-state index contributed by atoms with van der Waals surface area (Å²) in [6.07, 6.45) is 3.04. The molecule has 26 heavy (non-hydrogen) atoms. The maximum atomic E-state index is 12.9. The highest BCUT2D eigenvalue weighted by molar-refractivity contribution is 6.02. The minimum absolute atomic E-state index is 0.0315. The van der Waals surface area contributed by atoms with Gasteiger partial charge in [0, 0.05) is 24.9 Å². The van der Waals surface area contributed by atoms with Gasteiger partial charge in [0.2, 0.25) is 0 Å². The maximum absolute atomic E-state index is 12.9. The number of rotatable bonds is 3. The van der Waals surface area contributed by atoms with Crippen LogP contribution in [0, 0.1) is 5.41 Å². The van der Waals surface area contributed by atoms with Crippen molar-refractivity contribution in [3.05, 3.63) is 71.8 Å². The third-order valence-corrected chi connectivity index (χ3v) is 5.24. The SMILES string of the molecule is O=C(c1ccccc1)N1CCC2(C=NN(Cc3ccccc3)C2=O)CC1. The molecular weight excluding hydrogens is 326 g/mol. The zero-order valence-electron chi connectivity index (χ0n) is 14.5. The lowest BCUT2D eigenvalue weighted by Gasteiger charge is -2.36. The number of hydrogen-bond acceptors (Lipinski definition) is 3. The zero-order valence-corrected chi connectivity index (χ0v) is 14.5. The lowest BCUT2D eigenvalue weighted by Crippen LogP contribution is -2.48. The smallest absolute Gasteiger partial charge is 0.254 e. The highest BCUT2D eigenvalue weighted by Gasteiger charge is 2.47. The van der Waals surface area contributed by atoms with E-state index in [0.717, 1.165) is 5.56 Å². The van der Waals surface area contributed by atoms with Crippen LogP contribution in [0.5, 0.6) is 0 Å². The van der Waals surface area contributed by atoms with Gasteiger partial charge in [-0.2, -0.15) is 5.10 Å². The summed E-state index contributed by atoms with van der Waals surface area (Å²) < 4.78 is 0. The third-order valence-electron chi connectivity index (χ3n) is 5.24. The summed E-state index contributed by atoms with van der Waals surface area (Å²) in [5.41, 5.74) is 1.20. The van der Waals surface area contributed by atoms with Crippen molar-refractivity contribution in [3.63, 3.8) is 0 Å². The minimum Gasteiger partial charge on any atom is -0.339 e. The molecule has 2 aromatic rings. The van der Waals surface area contributed by atoms with Crippen LogP contribution in [-0.4, -0.2) is 41.0 Å². The molecule has 0 aliphatic carbocycles. The molecule has 2 aliphatic rings. The largest absolute Gasteiger partial charge is 0.339 e.